The van der Waals surface area contributed by atoms with Crippen LogP contribution in [0.2, 0.25) is 0 Å². The van der Waals surface area contributed by atoms with Gasteiger partial charge in [-0.25, -0.2) is 13.1 Å². The molecule has 2 unspecified atom stereocenters. The Morgan fingerprint density at radius 1 is 1.62 bits per heavy atom. The van der Waals surface area contributed by atoms with Crippen LogP contribution in [0.15, 0.2) is 14.7 Å². The topological polar surface area (TPSA) is 46.2 Å². The maximum atomic E-state index is 12.1. The SMILES string of the molecule is CCC1CC1NS(=O)(=O)c1cc(Br)sc1C. The zero-order valence-corrected chi connectivity index (χ0v) is 12.4. The second-order valence-electron chi connectivity index (χ2n) is 4.10. The maximum absolute atomic E-state index is 12.1. The van der Waals surface area contributed by atoms with Crippen LogP contribution in [0, 0.1) is 12.8 Å². The Hall–Kier alpha value is 0.0900. The molecule has 1 aromatic heterocycles. The molecule has 0 radical (unpaired) electrons. The lowest BCUT2D eigenvalue weighted by molar-refractivity contribution is 0.576. The quantitative estimate of drug-likeness (QED) is 0.926. The van der Waals surface area contributed by atoms with Crippen LogP contribution >= 0.6 is 27.3 Å². The highest BCUT2D eigenvalue weighted by molar-refractivity contribution is 9.11. The van der Waals surface area contributed by atoms with Crippen LogP contribution in [0.5, 0.6) is 0 Å². The second-order valence-corrected chi connectivity index (χ2v) is 8.42. The Balaban J connectivity index is 2.17. The highest BCUT2D eigenvalue weighted by Crippen LogP contribution is 2.36. The summed E-state index contributed by atoms with van der Waals surface area (Å²) in [6.07, 6.45) is 2.01. The normalized spacial score (nSPS) is 24.7. The predicted octanol–water partition coefficient (Wildman–Crippen LogP) is 2.90. The lowest BCUT2D eigenvalue weighted by atomic mass is 10.3. The van der Waals surface area contributed by atoms with Crippen molar-refractivity contribution in [1.82, 2.24) is 4.72 Å². The van der Waals surface area contributed by atoms with Gasteiger partial charge in [-0.05, 0) is 41.3 Å². The van der Waals surface area contributed by atoms with Gasteiger partial charge in [-0.2, -0.15) is 0 Å². The first-order valence-electron chi connectivity index (χ1n) is 5.22. The highest BCUT2D eigenvalue weighted by atomic mass is 79.9. The summed E-state index contributed by atoms with van der Waals surface area (Å²) >= 11 is 4.76. The molecule has 1 fully saturated rings. The Bertz CT molecular complexity index is 495. The molecule has 6 heteroatoms. The first kappa shape index (κ1) is 12.5. The average Bonchev–Trinajstić information content (AvgIpc) is 2.82. The largest absolute Gasteiger partial charge is 0.241 e. The van der Waals surface area contributed by atoms with E-state index >= 15 is 0 Å². The fourth-order valence-corrected chi connectivity index (χ4v) is 5.54. The molecule has 90 valence electrons. The molecule has 2 rings (SSSR count). The van der Waals surface area contributed by atoms with E-state index in [1.54, 1.807) is 6.07 Å². The van der Waals surface area contributed by atoms with Gasteiger partial charge in [0, 0.05) is 10.9 Å². The first-order chi connectivity index (χ1) is 7.44. The molecule has 0 aliphatic heterocycles. The van der Waals surface area contributed by atoms with Gasteiger partial charge in [0.15, 0.2) is 0 Å². The Labute approximate surface area is 108 Å². The van der Waals surface area contributed by atoms with Gasteiger partial charge in [0.25, 0.3) is 0 Å². The van der Waals surface area contributed by atoms with E-state index in [2.05, 4.69) is 27.6 Å². The van der Waals surface area contributed by atoms with Gasteiger partial charge in [0.05, 0.1) is 8.68 Å². The molecule has 3 nitrogen and oxygen atoms in total. The van der Waals surface area contributed by atoms with Crippen LogP contribution in [0.1, 0.15) is 24.6 Å². The lowest BCUT2D eigenvalue weighted by Gasteiger charge is -2.04. The zero-order chi connectivity index (χ0) is 11.9. The number of halogens is 1. The van der Waals surface area contributed by atoms with E-state index in [1.165, 1.54) is 11.3 Å². The number of hydrogen-bond acceptors (Lipinski definition) is 3. The van der Waals surface area contributed by atoms with Crippen LogP contribution in [-0.4, -0.2) is 14.5 Å². The highest BCUT2D eigenvalue weighted by Gasteiger charge is 2.39. The molecule has 1 saturated carbocycles. The third-order valence-electron chi connectivity index (χ3n) is 2.89. The molecule has 1 N–H and O–H groups in total. The van der Waals surface area contributed by atoms with Crippen molar-refractivity contribution in [3.63, 3.8) is 0 Å². The molecule has 2 atom stereocenters. The third kappa shape index (κ3) is 2.50. The van der Waals surface area contributed by atoms with Crippen molar-refractivity contribution < 1.29 is 8.42 Å². The van der Waals surface area contributed by atoms with E-state index in [0.29, 0.717) is 10.8 Å². The van der Waals surface area contributed by atoms with E-state index in [1.807, 2.05) is 6.92 Å². The lowest BCUT2D eigenvalue weighted by Crippen LogP contribution is -2.27. The molecule has 0 amide bonds. The van der Waals surface area contributed by atoms with Gasteiger partial charge in [0.2, 0.25) is 10.0 Å². The van der Waals surface area contributed by atoms with Crippen LogP contribution in [-0.2, 0) is 10.0 Å². The van der Waals surface area contributed by atoms with Crippen molar-refractivity contribution in [2.45, 2.75) is 37.6 Å². The zero-order valence-electron chi connectivity index (χ0n) is 9.16. The molecule has 0 spiro atoms. The van der Waals surface area contributed by atoms with Crippen molar-refractivity contribution in [3.8, 4) is 0 Å². The smallest absolute Gasteiger partial charge is 0.208 e. The summed E-state index contributed by atoms with van der Waals surface area (Å²) in [5.41, 5.74) is 0. The van der Waals surface area contributed by atoms with Gasteiger partial charge in [-0.15, -0.1) is 11.3 Å². The van der Waals surface area contributed by atoms with E-state index in [9.17, 15) is 8.42 Å². The second kappa shape index (κ2) is 4.40. The summed E-state index contributed by atoms with van der Waals surface area (Å²) in [5, 5.41) is 0. The van der Waals surface area contributed by atoms with Crippen molar-refractivity contribution in [2.75, 3.05) is 0 Å². The molecule has 16 heavy (non-hydrogen) atoms. The van der Waals surface area contributed by atoms with Crippen molar-refractivity contribution >= 4 is 37.3 Å². The van der Waals surface area contributed by atoms with Gasteiger partial charge >= 0.3 is 0 Å². The van der Waals surface area contributed by atoms with E-state index < -0.39 is 10.0 Å². The number of nitrogens with one attached hydrogen (secondary N) is 1. The summed E-state index contributed by atoms with van der Waals surface area (Å²) in [6, 6.07) is 1.82. The summed E-state index contributed by atoms with van der Waals surface area (Å²) in [7, 11) is -3.32. The molecule has 1 aliphatic carbocycles. The van der Waals surface area contributed by atoms with Crippen LogP contribution < -0.4 is 4.72 Å². The number of thiophene rings is 1. The Morgan fingerprint density at radius 2 is 2.31 bits per heavy atom. The van der Waals surface area contributed by atoms with Gasteiger partial charge in [0.1, 0.15) is 0 Å². The Kier molecular flexibility index (Phi) is 3.45. The van der Waals surface area contributed by atoms with Gasteiger partial charge in [-0.1, -0.05) is 13.3 Å². The van der Waals surface area contributed by atoms with E-state index in [-0.39, 0.29) is 6.04 Å². The van der Waals surface area contributed by atoms with Gasteiger partial charge in [-0.3, -0.25) is 0 Å². The number of sulfonamides is 1. The minimum atomic E-state index is -3.32. The minimum Gasteiger partial charge on any atom is -0.208 e. The van der Waals surface area contributed by atoms with Crippen LogP contribution in [0.4, 0.5) is 0 Å². The molecular weight excluding hydrogens is 310 g/mol. The molecule has 1 aromatic rings. The maximum Gasteiger partial charge on any atom is 0.241 e. The minimum absolute atomic E-state index is 0.146. The van der Waals surface area contributed by atoms with Crippen LogP contribution in [0.3, 0.4) is 0 Å². The number of hydrogen-bond donors (Lipinski definition) is 1. The van der Waals surface area contributed by atoms with Crippen LogP contribution in [0.25, 0.3) is 0 Å². The fraction of sp³-hybridized carbons (Fsp3) is 0.600. The van der Waals surface area contributed by atoms with E-state index in [0.717, 1.165) is 21.5 Å². The molecular formula is C10H14BrNO2S2. The summed E-state index contributed by atoms with van der Waals surface area (Å²) in [4.78, 5) is 1.24. The molecule has 0 bridgehead atoms. The molecule has 0 aromatic carbocycles. The molecule has 1 aliphatic rings. The Morgan fingerprint density at radius 3 is 2.75 bits per heavy atom. The number of aryl methyl sites for hydroxylation is 1. The summed E-state index contributed by atoms with van der Waals surface area (Å²) in [6.45, 7) is 3.92. The number of rotatable bonds is 4. The predicted molar refractivity (Wildman–Crippen MR) is 69.3 cm³/mol. The summed E-state index contributed by atoms with van der Waals surface area (Å²) < 4.78 is 27.7. The van der Waals surface area contributed by atoms with Crippen molar-refractivity contribution in [3.05, 3.63) is 14.7 Å². The fourth-order valence-electron chi connectivity index (χ4n) is 1.80. The van der Waals surface area contributed by atoms with Crippen molar-refractivity contribution in [1.29, 1.82) is 0 Å². The van der Waals surface area contributed by atoms with Gasteiger partial charge < -0.3 is 0 Å². The van der Waals surface area contributed by atoms with Crippen molar-refractivity contribution in [2.24, 2.45) is 5.92 Å². The first-order valence-corrected chi connectivity index (χ1v) is 8.31. The molecule has 0 saturated heterocycles. The van der Waals surface area contributed by atoms with E-state index in [4.69, 9.17) is 0 Å². The summed E-state index contributed by atoms with van der Waals surface area (Å²) in [5.74, 6) is 0.525. The standard InChI is InChI=1S/C10H14BrNO2S2/c1-3-7-4-8(7)12-16(13,14)9-5-10(11)15-6(9)2/h5,7-8,12H,3-4H2,1-2H3. The third-order valence-corrected chi connectivity index (χ3v) is 6.18. The molecule has 1 heterocycles. The average molecular weight is 324 g/mol. The monoisotopic (exact) mass is 323 g/mol.